The Morgan fingerprint density at radius 3 is 1.98 bits per heavy atom. The SMILES string of the molecule is CCCCCCCCCCCCCC(=O)N(CCCC)CC(=O)N(Cc1ccc(F)cc1)Cc1coc2ccccc2c1=O. The lowest BCUT2D eigenvalue weighted by Gasteiger charge is -2.28. The summed E-state index contributed by atoms with van der Waals surface area (Å²) in [6.07, 6.45) is 16.9. The fourth-order valence-electron chi connectivity index (χ4n) is 5.48. The monoisotopic (exact) mass is 606 g/mol. The number of hydrogen-bond donors (Lipinski definition) is 0. The van der Waals surface area contributed by atoms with Gasteiger partial charge >= 0.3 is 0 Å². The maximum absolute atomic E-state index is 13.8. The Morgan fingerprint density at radius 2 is 1.32 bits per heavy atom. The summed E-state index contributed by atoms with van der Waals surface area (Å²) < 4.78 is 19.3. The topological polar surface area (TPSA) is 70.8 Å². The summed E-state index contributed by atoms with van der Waals surface area (Å²) in [4.78, 5) is 43.5. The first-order valence-electron chi connectivity index (χ1n) is 16.7. The standard InChI is InChI=1S/C37H51FN2O4/c1-3-5-7-8-9-10-11-12-13-14-15-20-35(41)39(25-6-4-2)28-36(42)40(26-30-21-23-32(38)24-22-30)27-31-29-44-34-19-17-16-18-33(34)37(31)43/h16-19,21-24,29H,3-15,20,25-28H2,1-2H3. The number of nitrogens with zero attached hydrogens (tertiary/aromatic N) is 2. The van der Waals surface area contributed by atoms with E-state index in [0.717, 1.165) is 37.7 Å². The van der Waals surface area contributed by atoms with E-state index in [2.05, 4.69) is 13.8 Å². The van der Waals surface area contributed by atoms with E-state index in [1.165, 1.54) is 69.8 Å². The molecule has 0 aliphatic rings. The second-order valence-electron chi connectivity index (χ2n) is 11.9. The van der Waals surface area contributed by atoms with E-state index in [1.54, 1.807) is 46.2 Å². The van der Waals surface area contributed by atoms with Crippen molar-refractivity contribution in [1.29, 1.82) is 0 Å². The van der Waals surface area contributed by atoms with Crippen LogP contribution >= 0.6 is 0 Å². The van der Waals surface area contributed by atoms with Crippen LogP contribution in [0.2, 0.25) is 0 Å². The van der Waals surface area contributed by atoms with Gasteiger partial charge in [0.05, 0.1) is 30.3 Å². The number of fused-ring (bicyclic) bond motifs is 1. The summed E-state index contributed by atoms with van der Waals surface area (Å²) in [5.74, 6) is -0.625. The normalized spacial score (nSPS) is 11.2. The Balaban J connectivity index is 1.60. The molecule has 0 saturated carbocycles. The molecule has 6 nitrogen and oxygen atoms in total. The highest BCUT2D eigenvalue weighted by Crippen LogP contribution is 2.16. The van der Waals surface area contributed by atoms with Gasteiger partial charge in [0.2, 0.25) is 11.8 Å². The largest absolute Gasteiger partial charge is 0.464 e. The van der Waals surface area contributed by atoms with Crippen molar-refractivity contribution in [1.82, 2.24) is 9.80 Å². The molecule has 3 rings (SSSR count). The fourth-order valence-corrected chi connectivity index (χ4v) is 5.48. The molecule has 0 atom stereocenters. The van der Waals surface area contributed by atoms with E-state index in [-0.39, 0.29) is 42.7 Å². The molecule has 0 fully saturated rings. The van der Waals surface area contributed by atoms with Gasteiger partial charge in [-0.05, 0) is 42.7 Å². The lowest BCUT2D eigenvalue weighted by Crippen LogP contribution is -2.43. The van der Waals surface area contributed by atoms with Gasteiger partial charge in [0.15, 0.2) is 5.43 Å². The molecule has 7 heteroatoms. The Morgan fingerprint density at radius 1 is 0.705 bits per heavy atom. The zero-order valence-corrected chi connectivity index (χ0v) is 26.8. The zero-order valence-electron chi connectivity index (χ0n) is 26.8. The molecule has 0 N–H and O–H groups in total. The minimum Gasteiger partial charge on any atom is -0.464 e. The molecule has 2 amide bonds. The van der Waals surface area contributed by atoms with Gasteiger partial charge in [0, 0.05) is 19.5 Å². The van der Waals surface area contributed by atoms with Crippen molar-refractivity contribution in [3.8, 4) is 0 Å². The number of hydrogen-bond acceptors (Lipinski definition) is 4. The molecule has 44 heavy (non-hydrogen) atoms. The fraction of sp³-hybridized carbons (Fsp3) is 0.541. The average molecular weight is 607 g/mol. The third-order valence-electron chi connectivity index (χ3n) is 8.21. The summed E-state index contributed by atoms with van der Waals surface area (Å²) in [5.41, 5.74) is 1.37. The smallest absolute Gasteiger partial charge is 0.242 e. The van der Waals surface area contributed by atoms with Crippen molar-refractivity contribution in [3.05, 3.63) is 82.0 Å². The van der Waals surface area contributed by atoms with Gasteiger partial charge in [-0.2, -0.15) is 0 Å². The van der Waals surface area contributed by atoms with E-state index in [1.807, 2.05) is 0 Å². The van der Waals surface area contributed by atoms with Gasteiger partial charge in [-0.25, -0.2) is 4.39 Å². The van der Waals surface area contributed by atoms with Crippen LogP contribution in [0.5, 0.6) is 0 Å². The molecule has 3 aromatic rings. The Kier molecular flexibility index (Phi) is 15.7. The molecule has 2 aromatic carbocycles. The molecule has 240 valence electrons. The van der Waals surface area contributed by atoms with Crippen molar-refractivity contribution >= 4 is 22.8 Å². The van der Waals surface area contributed by atoms with Crippen molar-refractivity contribution in [2.75, 3.05) is 13.1 Å². The van der Waals surface area contributed by atoms with E-state index >= 15 is 0 Å². The van der Waals surface area contributed by atoms with Crippen LogP contribution in [0.25, 0.3) is 11.0 Å². The van der Waals surface area contributed by atoms with Crippen molar-refractivity contribution in [2.24, 2.45) is 0 Å². The third-order valence-corrected chi connectivity index (χ3v) is 8.21. The molecule has 0 radical (unpaired) electrons. The number of rotatable bonds is 21. The Hall–Kier alpha value is -3.48. The van der Waals surface area contributed by atoms with Gasteiger partial charge < -0.3 is 14.2 Å². The maximum Gasteiger partial charge on any atom is 0.242 e. The highest BCUT2D eigenvalue weighted by molar-refractivity contribution is 5.85. The van der Waals surface area contributed by atoms with Crippen LogP contribution in [0.15, 0.2) is 64.0 Å². The van der Waals surface area contributed by atoms with Crippen LogP contribution in [0, 0.1) is 5.82 Å². The minimum absolute atomic E-state index is 0.00493. The highest BCUT2D eigenvalue weighted by atomic mass is 19.1. The first-order chi connectivity index (χ1) is 21.4. The number of para-hydroxylation sites is 1. The highest BCUT2D eigenvalue weighted by Gasteiger charge is 2.23. The van der Waals surface area contributed by atoms with Crippen LogP contribution in [0.4, 0.5) is 4.39 Å². The molecular weight excluding hydrogens is 555 g/mol. The maximum atomic E-state index is 13.8. The van der Waals surface area contributed by atoms with Crippen molar-refractivity contribution < 1.29 is 18.4 Å². The third kappa shape index (κ3) is 11.9. The van der Waals surface area contributed by atoms with Gasteiger partial charge in [0.1, 0.15) is 11.4 Å². The zero-order chi connectivity index (χ0) is 31.6. The molecule has 1 heterocycles. The molecule has 0 saturated heterocycles. The molecule has 0 unspecified atom stereocenters. The van der Waals surface area contributed by atoms with Crippen molar-refractivity contribution in [2.45, 2.75) is 117 Å². The number of benzene rings is 2. The quantitative estimate of drug-likeness (QED) is 0.114. The lowest BCUT2D eigenvalue weighted by molar-refractivity contribution is -0.141. The Bertz CT molecular complexity index is 1340. The van der Waals surface area contributed by atoms with Crippen LogP contribution in [0.3, 0.4) is 0 Å². The number of unbranched alkanes of at least 4 members (excludes halogenated alkanes) is 11. The number of halogens is 1. The van der Waals surface area contributed by atoms with Gasteiger partial charge in [0.25, 0.3) is 0 Å². The Labute approximate surface area is 262 Å². The summed E-state index contributed by atoms with van der Waals surface area (Å²) in [5, 5.41) is 0.450. The summed E-state index contributed by atoms with van der Waals surface area (Å²) >= 11 is 0. The van der Waals surface area contributed by atoms with E-state index in [4.69, 9.17) is 4.42 Å². The van der Waals surface area contributed by atoms with Gasteiger partial charge in [-0.3, -0.25) is 14.4 Å². The van der Waals surface area contributed by atoms with Crippen molar-refractivity contribution in [3.63, 3.8) is 0 Å². The van der Waals surface area contributed by atoms with Crippen LogP contribution in [-0.2, 0) is 22.7 Å². The van der Waals surface area contributed by atoms with Gasteiger partial charge in [-0.1, -0.05) is 109 Å². The first-order valence-corrected chi connectivity index (χ1v) is 16.7. The molecule has 0 spiro atoms. The molecule has 0 aliphatic heterocycles. The van der Waals surface area contributed by atoms with Crippen LogP contribution in [-0.4, -0.2) is 34.7 Å². The molecule has 0 aliphatic carbocycles. The van der Waals surface area contributed by atoms with Crippen LogP contribution in [0.1, 0.15) is 115 Å². The molecule has 1 aromatic heterocycles. The second-order valence-corrected chi connectivity index (χ2v) is 11.9. The lowest BCUT2D eigenvalue weighted by atomic mass is 10.1. The van der Waals surface area contributed by atoms with Crippen LogP contribution < -0.4 is 5.43 Å². The molecule has 0 bridgehead atoms. The first kappa shape index (κ1) is 35.0. The van der Waals surface area contributed by atoms with E-state index in [9.17, 15) is 18.8 Å². The summed E-state index contributed by atoms with van der Waals surface area (Å²) in [7, 11) is 0. The average Bonchev–Trinajstić information content (AvgIpc) is 3.03. The minimum atomic E-state index is -0.361. The molecular formula is C37H51FN2O4. The van der Waals surface area contributed by atoms with E-state index in [0.29, 0.717) is 29.5 Å². The summed E-state index contributed by atoms with van der Waals surface area (Å²) in [6.45, 7) is 4.97. The van der Waals surface area contributed by atoms with Gasteiger partial charge in [-0.15, -0.1) is 0 Å². The van der Waals surface area contributed by atoms with E-state index < -0.39 is 0 Å². The predicted octanol–water partition coefficient (Wildman–Crippen LogP) is 8.79. The predicted molar refractivity (Wildman–Crippen MR) is 176 cm³/mol. The number of carbonyl (C=O) groups is 2. The summed E-state index contributed by atoms with van der Waals surface area (Å²) in [6, 6.07) is 13.0. The number of carbonyl (C=O) groups excluding carboxylic acids is 2. The second kappa shape index (κ2) is 19.7. The number of amides is 2.